The van der Waals surface area contributed by atoms with Gasteiger partial charge in [-0.05, 0) is 31.0 Å². The lowest BCUT2D eigenvalue weighted by Crippen LogP contribution is -2.33. The number of hydrogen-bond donors (Lipinski definition) is 0. The number of methoxy groups -OCH3 is 1. The predicted molar refractivity (Wildman–Crippen MR) is 103 cm³/mol. The number of ether oxygens (including phenoxy) is 5. The van der Waals surface area contributed by atoms with Crippen LogP contribution in [0.3, 0.4) is 0 Å². The number of fused-ring (bicyclic) bond motifs is 2. The van der Waals surface area contributed by atoms with Crippen LogP contribution in [0.25, 0.3) is 0 Å². The Balaban J connectivity index is 1.68. The molecule has 2 aromatic rings. The molecule has 0 aliphatic carbocycles. The minimum Gasteiger partial charge on any atom is -0.496 e. The molecule has 2 aliphatic heterocycles. The highest BCUT2D eigenvalue weighted by Gasteiger charge is 2.34. The summed E-state index contributed by atoms with van der Waals surface area (Å²) < 4.78 is 28.9. The van der Waals surface area contributed by atoms with Gasteiger partial charge in [-0.2, -0.15) is 0 Å². The van der Waals surface area contributed by atoms with Crippen LogP contribution >= 0.6 is 0 Å². The lowest BCUT2D eigenvalue weighted by Gasteiger charge is -2.35. The smallest absolute Gasteiger partial charge is 0.231 e. The SMILES string of the molecule is CCCCC[C@@H]1Oc2cc(C=O)c(OC)cc2O[C@H]1c1ccc2c(c1)OCO2. The van der Waals surface area contributed by atoms with Crippen molar-refractivity contribution < 1.29 is 28.5 Å². The van der Waals surface area contributed by atoms with Crippen molar-refractivity contribution in [1.82, 2.24) is 0 Å². The summed E-state index contributed by atoms with van der Waals surface area (Å²) in [5.41, 5.74) is 1.41. The molecule has 2 heterocycles. The summed E-state index contributed by atoms with van der Waals surface area (Å²) in [5, 5.41) is 0. The molecule has 0 radical (unpaired) electrons. The van der Waals surface area contributed by atoms with E-state index in [1.807, 2.05) is 18.2 Å². The quantitative estimate of drug-likeness (QED) is 0.509. The van der Waals surface area contributed by atoms with Gasteiger partial charge in [-0.3, -0.25) is 4.79 Å². The van der Waals surface area contributed by atoms with Gasteiger partial charge in [-0.25, -0.2) is 0 Å². The van der Waals surface area contributed by atoms with Crippen LogP contribution in [-0.4, -0.2) is 26.3 Å². The Morgan fingerprint density at radius 1 is 1.04 bits per heavy atom. The molecule has 0 aromatic heterocycles. The maximum absolute atomic E-state index is 11.4. The zero-order valence-electron chi connectivity index (χ0n) is 16.1. The van der Waals surface area contributed by atoms with E-state index in [-0.39, 0.29) is 19.0 Å². The molecule has 0 unspecified atom stereocenters. The summed E-state index contributed by atoms with van der Waals surface area (Å²) in [6.07, 6.45) is 4.47. The number of carbonyl (C=O) groups is 1. The highest BCUT2D eigenvalue weighted by atomic mass is 16.7. The van der Waals surface area contributed by atoms with E-state index in [4.69, 9.17) is 23.7 Å². The maximum Gasteiger partial charge on any atom is 0.231 e. The molecule has 2 atom stereocenters. The zero-order chi connectivity index (χ0) is 19.5. The van der Waals surface area contributed by atoms with Crippen molar-refractivity contribution in [3.8, 4) is 28.7 Å². The van der Waals surface area contributed by atoms with Crippen LogP contribution in [0.15, 0.2) is 30.3 Å². The van der Waals surface area contributed by atoms with Crippen LogP contribution < -0.4 is 23.7 Å². The Morgan fingerprint density at radius 2 is 1.86 bits per heavy atom. The topological polar surface area (TPSA) is 63.2 Å². The fourth-order valence-corrected chi connectivity index (χ4v) is 3.63. The fraction of sp³-hybridized carbons (Fsp3) is 0.409. The molecular formula is C22H24O6. The molecule has 0 N–H and O–H groups in total. The normalized spacial score (nSPS) is 19.4. The molecule has 0 bridgehead atoms. The maximum atomic E-state index is 11.4. The Labute approximate surface area is 164 Å². The van der Waals surface area contributed by atoms with Crippen molar-refractivity contribution in [3.63, 3.8) is 0 Å². The second kappa shape index (κ2) is 8.00. The first-order chi connectivity index (χ1) is 13.7. The number of unbranched alkanes of at least 4 members (excludes halogenated alkanes) is 2. The second-order valence-electron chi connectivity index (χ2n) is 6.96. The molecule has 0 fully saturated rings. The largest absolute Gasteiger partial charge is 0.496 e. The van der Waals surface area contributed by atoms with E-state index in [0.717, 1.165) is 43.3 Å². The number of rotatable bonds is 7. The lowest BCUT2D eigenvalue weighted by molar-refractivity contribution is 0.0131. The van der Waals surface area contributed by atoms with E-state index in [9.17, 15) is 4.79 Å². The van der Waals surface area contributed by atoms with Crippen LogP contribution in [-0.2, 0) is 0 Å². The van der Waals surface area contributed by atoms with E-state index in [0.29, 0.717) is 28.6 Å². The molecule has 4 rings (SSSR count). The zero-order valence-corrected chi connectivity index (χ0v) is 16.1. The van der Waals surface area contributed by atoms with Crippen LogP contribution in [0.1, 0.15) is 54.6 Å². The molecule has 0 saturated carbocycles. The lowest BCUT2D eigenvalue weighted by atomic mass is 9.97. The van der Waals surface area contributed by atoms with Crippen molar-refractivity contribution in [3.05, 3.63) is 41.5 Å². The highest BCUT2D eigenvalue weighted by molar-refractivity contribution is 5.81. The van der Waals surface area contributed by atoms with E-state index in [1.165, 1.54) is 7.11 Å². The van der Waals surface area contributed by atoms with Gasteiger partial charge in [0.25, 0.3) is 0 Å². The highest BCUT2D eigenvalue weighted by Crippen LogP contribution is 2.45. The summed E-state index contributed by atoms with van der Waals surface area (Å²) in [4.78, 5) is 11.4. The molecule has 6 heteroatoms. The first-order valence-electron chi connectivity index (χ1n) is 9.63. The van der Waals surface area contributed by atoms with E-state index >= 15 is 0 Å². The fourth-order valence-electron chi connectivity index (χ4n) is 3.63. The minimum absolute atomic E-state index is 0.160. The van der Waals surface area contributed by atoms with Crippen molar-refractivity contribution in [2.45, 2.75) is 44.8 Å². The molecule has 0 amide bonds. The molecule has 2 aromatic carbocycles. The van der Waals surface area contributed by atoms with Crippen LogP contribution in [0.2, 0.25) is 0 Å². The Hall–Kier alpha value is -2.89. The summed E-state index contributed by atoms with van der Waals surface area (Å²) in [6.45, 7) is 2.40. The third-order valence-electron chi connectivity index (χ3n) is 5.11. The third kappa shape index (κ3) is 3.46. The number of aldehydes is 1. The Morgan fingerprint density at radius 3 is 2.64 bits per heavy atom. The van der Waals surface area contributed by atoms with Gasteiger partial charge in [0.1, 0.15) is 11.9 Å². The van der Waals surface area contributed by atoms with Crippen LogP contribution in [0, 0.1) is 0 Å². The number of carbonyl (C=O) groups excluding carboxylic acids is 1. The third-order valence-corrected chi connectivity index (χ3v) is 5.11. The average molecular weight is 384 g/mol. The standard InChI is InChI=1S/C22H24O6/c1-3-4-5-6-17-22(14-7-8-16-19(9-14)26-13-25-16)28-21-11-18(24-2)15(12-23)10-20(21)27-17/h7-12,17,22H,3-6,13H2,1-2H3/t17-,22-/m0/s1. The first kappa shape index (κ1) is 18.5. The van der Waals surface area contributed by atoms with Gasteiger partial charge in [-0.15, -0.1) is 0 Å². The number of hydrogen-bond acceptors (Lipinski definition) is 6. The monoisotopic (exact) mass is 384 g/mol. The van der Waals surface area contributed by atoms with Gasteiger partial charge in [0.05, 0.1) is 12.7 Å². The Kier molecular flexibility index (Phi) is 5.28. The van der Waals surface area contributed by atoms with Gasteiger partial charge in [0.2, 0.25) is 6.79 Å². The minimum atomic E-state index is -0.286. The van der Waals surface area contributed by atoms with Gasteiger partial charge >= 0.3 is 0 Å². The van der Waals surface area contributed by atoms with Crippen molar-refractivity contribution in [2.75, 3.05) is 13.9 Å². The van der Waals surface area contributed by atoms with Crippen LogP contribution in [0.4, 0.5) is 0 Å². The first-order valence-corrected chi connectivity index (χ1v) is 9.63. The van der Waals surface area contributed by atoms with E-state index < -0.39 is 0 Å². The summed E-state index contributed by atoms with van der Waals surface area (Å²) >= 11 is 0. The van der Waals surface area contributed by atoms with Gasteiger partial charge < -0.3 is 23.7 Å². The molecule has 148 valence electrons. The van der Waals surface area contributed by atoms with Crippen LogP contribution in [0.5, 0.6) is 28.7 Å². The summed E-state index contributed by atoms with van der Waals surface area (Å²) in [7, 11) is 1.53. The van der Waals surface area contributed by atoms with E-state index in [1.54, 1.807) is 12.1 Å². The van der Waals surface area contributed by atoms with Crippen molar-refractivity contribution in [1.29, 1.82) is 0 Å². The summed E-state index contributed by atoms with van der Waals surface area (Å²) in [6, 6.07) is 9.22. The van der Waals surface area contributed by atoms with Crippen molar-refractivity contribution in [2.24, 2.45) is 0 Å². The van der Waals surface area contributed by atoms with E-state index in [2.05, 4.69) is 6.92 Å². The van der Waals surface area contributed by atoms with Gasteiger partial charge in [0, 0.05) is 11.6 Å². The molecule has 28 heavy (non-hydrogen) atoms. The molecule has 6 nitrogen and oxygen atoms in total. The molecule has 2 aliphatic rings. The van der Waals surface area contributed by atoms with Gasteiger partial charge in [0.15, 0.2) is 35.4 Å². The number of benzene rings is 2. The molecular weight excluding hydrogens is 360 g/mol. The Bertz CT molecular complexity index is 862. The molecule has 0 spiro atoms. The van der Waals surface area contributed by atoms with Gasteiger partial charge in [-0.1, -0.05) is 25.8 Å². The predicted octanol–water partition coefficient (Wildman–Crippen LogP) is 4.70. The summed E-state index contributed by atoms with van der Waals surface area (Å²) in [5.74, 6) is 3.05. The van der Waals surface area contributed by atoms with Crippen molar-refractivity contribution >= 4 is 6.29 Å². The molecule has 0 saturated heterocycles. The average Bonchev–Trinajstić information content (AvgIpc) is 3.20. The second-order valence-corrected chi connectivity index (χ2v) is 6.96.